The number of pyridine rings is 1. The molecule has 1 aromatic heterocycles. The van der Waals surface area contributed by atoms with Crippen molar-refractivity contribution in [2.24, 2.45) is 0 Å². The Hall–Kier alpha value is -4.19. The maximum absolute atomic E-state index is 13.5. The molecule has 0 saturated heterocycles. The van der Waals surface area contributed by atoms with Gasteiger partial charge in [0.1, 0.15) is 5.69 Å². The highest BCUT2D eigenvalue weighted by atomic mass is 16.5. The lowest BCUT2D eigenvalue weighted by Crippen LogP contribution is -2.31. The molecule has 6 heteroatoms. The van der Waals surface area contributed by atoms with Crippen LogP contribution in [0, 0.1) is 0 Å². The van der Waals surface area contributed by atoms with E-state index in [-0.39, 0.29) is 24.3 Å². The molecule has 1 amide bonds. The molecule has 0 aliphatic rings. The Bertz CT molecular complexity index is 1270. The number of esters is 1. The first kappa shape index (κ1) is 22.0. The van der Waals surface area contributed by atoms with E-state index < -0.39 is 17.9 Å². The number of carbonyl (C=O) groups excluding carboxylic acids is 2. The van der Waals surface area contributed by atoms with E-state index in [1.807, 2.05) is 66.7 Å². The van der Waals surface area contributed by atoms with Crippen LogP contribution < -0.4 is 5.32 Å². The zero-order valence-electron chi connectivity index (χ0n) is 18.2. The summed E-state index contributed by atoms with van der Waals surface area (Å²) in [6, 6.07) is 25.0. The molecule has 1 heterocycles. The van der Waals surface area contributed by atoms with Gasteiger partial charge in [-0.05, 0) is 18.6 Å². The Morgan fingerprint density at radius 1 is 0.939 bits per heavy atom. The summed E-state index contributed by atoms with van der Waals surface area (Å²) in [6.45, 7) is 1.99. The summed E-state index contributed by atoms with van der Waals surface area (Å²) in [5, 5.41) is 14.6. The fraction of sp³-hybridized carbons (Fsp3) is 0.148. The van der Waals surface area contributed by atoms with Crippen molar-refractivity contribution in [1.29, 1.82) is 0 Å². The third kappa shape index (κ3) is 4.85. The smallest absolute Gasteiger partial charge is 0.308 e. The number of benzene rings is 3. The highest BCUT2D eigenvalue weighted by molar-refractivity contribution is 6.10. The zero-order valence-corrected chi connectivity index (χ0v) is 18.2. The van der Waals surface area contributed by atoms with Crippen molar-refractivity contribution in [3.05, 3.63) is 96.1 Å². The predicted molar refractivity (Wildman–Crippen MR) is 127 cm³/mol. The Morgan fingerprint density at radius 2 is 1.58 bits per heavy atom. The van der Waals surface area contributed by atoms with Gasteiger partial charge in [-0.25, -0.2) is 4.98 Å². The quantitative estimate of drug-likeness (QED) is 0.394. The Kier molecular flexibility index (Phi) is 6.64. The summed E-state index contributed by atoms with van der Waals surface area (Å²) in [6.07, 6.45) is -0.0289. The van der Waals surface area contributed by atoms with E-state index in [2.05, 4.69) is 10.3 Å². The summed E-state index contributed by atoms with van der Waals surface area (Å²) in [7, 11) is 0. The number of ether oxygens (including phenoxy) is 1. The number of amides is 1. The molecule has 0 unspecified atom stereocenters. The number of carbonyl (C=O) groups is 2. The second-order valence-corrected chi connectivity index (χ2v) is 7.51. The van der Waals surface area contributed by atoms with Gasteiger partial charge in [0.05, 0.1) is 30.1 Å². The lowest BCUT2D eigenvalue weighted by Gasteiger charge is -2.20. The summed E-state index contributed by atoms with van der Waals surface area (Å²) >= 11 is 0. The SMILES string of the molecule is CCOC(=O)C[C@H](NC(=O)c1c(O)c(-c2ccccc2)nc2ccccc12)c1ccccc1. The first-order chi connectivity index (χ1) is 16.1. The van der Waals surface area contributed by atoms with Crippen molar-refractivity contribution in [3.8, 4) is 17.0 Å². The van der Waals surface area contributed by atoms with Gasteiger partial charge in [0.2, 0.25) is 0 Å². The first-order valence-corrected chi connectivity index (χ1v) is 10.8. The monoisotopic (exact) mass is 440 g/mol. The molecule has 0 aliphatic carbocycles. The molecule has 0 fully saturated rings. The minimum absolute atomic E-state index is 0.0289. The maximum atomic E-state index is 13.5. The molecule has 4 rings (SSSR count). The van der Waals surface area contributed by atoms with Crippen molar-refractivity contribution < 1.29 is 19.4 Å². The molecule has 6 nitrogen and oxygen atoms in total. The van der Waals surface area contributed by atoms with Crippen LogP contribution in [0.3, 0.4) is 0 Å². The standard InChI is InChI=1S/C27H24N2O4/c1-2-33-23(30)17-22(18-11-5-3-6-12-18)29-27(32)24-20-15-9-10-16-21(20)28-25(26(24)31)19-13-7-4-8-14-19/h3-16,22,31H,2,17H2,1H3,(H,29,32)/t22-/m0/s1. The van der Waals surface area contributed by atoms with Gasteiger partial charge in [0, 0.05) is 10.9 Å². The molecule has 33 heavy (non-hydrogen) atoms. The third-order valence-corrected chi connectivity index (χ3v) is 5.32. The van der Waals surface area contributed by atoms with E-state index >= 15 is 0 Å². The van der Waals surface area contributed by atoms with Gasteiger partial charge in [-0.2, -0.15) is 0 Å². The predicted octanol–water partition coefficient (Wildman–Crippen LogP) is 5.03. The van der Waals surface area contributed by atoms with Crippen molar-refractivity contribution in [2.75, 3.05) is 6.61 Å². The van der Waals surface area contributed by atoms with Crippen LogP contribution in [0.1, 0.15) is 35.3 Å². The first-order valence-electron chi connectivity index (χ1n) is 10.8. The number of hydrogen-bond donors (Lipinski definition) is 2. The van der Waals surface area contributed by atoms with E-state index in [1.54, 1.807) is 25.1 Å². The van der Waals surface area contributed by atoms with Crippen LogP contribution in [0.4, 0.5) is 0 Å². The average Bonchev–Trinajstić information content (AvgIpc) is 2.84. The van der Waals surface area contributed by atoms with Crippen LogP contribution in [0.15, 0.2) is 84.9 Å². The number of nitrogens with zero attached hydrogens (tertiary/aromatic N) is 1. The largest absolute Gasteiger partial charge is 0.505 e. The molecular weight excluding hydrogens is 416 g/mol. The summed E-state index contributed by atoms with van der Waals surface area (Å²) in [4.78, 5) is 30.4. The fourth-order valence-electron chi connectivity index (χ4n) is 3.78. The minimum Gasteiger partial charge on any atom is -0.505 e. The lowest BCUT2D eigenvalue weighted by atomic mass is 9.99. The summed E-state index contributed by atoms with van der Waals surface area (Å²) in [5.41, 5.74) is 2.48. The molecule has 0 bridgehead atoms. The number of nitrogens with one attached hydrogen (secondary N) is 1. The van der Waals surface area contributed by atoms with Crippen LogP contribution in [0.2, 0.25) is 0 Å². The van der Waals surface area contributed by atoms with E-state index in [4.69, 9.17) is 4.74 Å². The number of aromatic nitrogens is 1. The molecule has 0 saturated carbocycles. The van der Waals surface area contributed by atoms with Gasteiger partial charge in [-0.3, -0.25) is 9.59 Å². The van der Waals surface area contributed by atoms with E-state index in [9.17, 15) is 14.7 Å². The van der Waals surface area contributed by atoms with Gasteiger partial charge in [0.15, 0.2) is 5.75 Å². The van der Waals surface area contributed by atoms with Gasteiger partial charge >= 0.3 is 5.97 Å². The number of fused-ring (bicyclic) bond motifs is 1. The van der Waals surface area contributed by atoms with Crippen molar-refractivity contribution in [2.45, 2.75) is 19.4 Å². The van der Waals surface area contributed by atoms with Gasteiger partial charge in [-0.1, -0.05) is 78.9 Å². The molecule has 0 aliphatic heterocycles. The second-order valence-electron chi connectivity index (χ2n) is 7.51. The molecule has 166 valence electrons. The van der Waals surface area contributed by atoms with E-state index in [0.29, 0.717) is 22.2 Å². The van der Waals surface area contributed by atoms with E-state index in [0.717, 1.165) is 5.56 Å². The maximum Gasteiger partial charge on any atom is 0.308 e. The summed E-state index contributed by atoms with van der Waals surface area (Å²) < 4.78 is 5.10. The minimum atomic E-state index is -0.621. The Labute approximate surface area is 191 Å². The van der Waals surface area contributed by atoms with Crippen molar-refractivity contribution >= 4 is 22.8 Å². The number of para-hydroxylation sites is 1. The van der Waals surface area contributed by atoms with Crippen molar-refractivity contribution in [1.82, 2.24) is 10.3 Å². The second kappa shape index (κ2) is 9.96. The van der Waals surface area contributed by atoms with Crippen molar-refractivity contribution in [3.63, 3.8) is 0 Å². The summed E-state index contributed by atoms with van der Waals surface area (Å²) in [5.74, 6) is -1.12. The van der Waals surface area contributed by atoms with Crippen LogP contribution in [0.25, 0.3) is 22.2 Å². The topological polar surface area (TPSA) is 88.5 Å². The molecule has 0 spiro atoms. The highest BCUT2D eigenvalue weighted by Gasteiger charge is 2.25. The molecule has 3 aromatic carbocycles. The number of rotatable bonds is 7. The van der Waals surface area contributed by atoms with Crippen LogP contribution in [0.5, 0.6) is 5.75 Å². The van der Waals surface area contributed by atoms with Crippen LogP contribution >= 0.6 is 0 Å². The van der Waals surface area contributed by atoms with Gasteiger partial charge in [-0.15, -0.1) is 0 Å². The molecule has 2 N–H and O–H groups in total. The van der Waals surface area contributed by atoms with Gasteiger partial charge in [0.25, 0.3) is 5.91 Å². The number of aromatic hydroxyl groups is 1. The Morgan fingerprint density at radius 3 is 2.27 bits per heavy atom. The molecule has 1 atom stereocenters. The van der Waals surface area contributed by atoms with E-state index in [1.165, 1.54) is 0 Å². The molecule has 0 radical (unpaired) electrons. The lowest BCUT2D eigenvalue weighted by molar-refractivity contribution is -0.143. The van der Waals surface area contributed by atoms with Gasteiger partial charge < -0.3 is 15.2 Å². The Balaban J connectivity index is 1.77. The highest BCUT2D eigenvalue weighted by Crippen LogP contribution is 2.35. The zero-order chi connectivity index (χ0) is 23.2. The van der Waals surface area contributed by atoms with Crippen LogP contribution in [-0.4, -0.2) is 28.6 Å². The number of hydrogen-bond acceptors (Lipinski definition) is 5. The average molecular weight is 440 g/mol. The fourth-order valence-corrected chi connectivity index (χ4v) is 3.78. The molecule has 4 aromatic rings. The normalized spacial score (nSPS) is 11.7. The van der Waals surface area contributed by atoms with Crippen LogP contribution in [-0.2, 0) is 9.53 Å². The molecular formula is C27H24N2O4. The third-order valence-electron chi connectivity index (χ3n) is 5.32.